The van der Waals surface area contributed by atoms with Crippen molar-refractivity contribution in [1.82, 2.24) is 14.5 Å². The number of anilines is 1. The van der Waals surface area contributed by atoms with E-state index in [0.717, 1.165) is 21.9 Å². The smallest absolute Gasteiger partial charge is 0.425 e. The van der Waals surface area contributed by atoms with Crippen molar-refractivity contribution in [3.05, 3.63) is 35.7 Å². The topological polar surface area (TPSA) is 105 Å². The van der Waals surface area contributed by atoms with Crippen molar-refractivity contribution in [1.29, 1.82) is 0 Å². The molecule has 0 saturated carbocycles. The van der Waals surface area contributed by atoms with Crippen molar-refractivity contribution in [3.8, 4) is 16.9 Å². The molecule has 0 aliphatic rings. The molecule has 3 aromatic rings. The molecule has 2 amide bonds. The molecule has 0 N–H and O–H groups in total. The van der Waals surface area contributed by atoms with Gasteiger partial charge in [0.1, 0.15) is 34.5 Å². The lowest BCUT2D eigenvalue weighted by molar-refractivity contribution is 0.0429. The van der Waals surface area contributed by atoms with E-state index in [0.29, 0.717) is 35.5 Å². The molecule has 41 heavy (non-hydrogen) atoms. The third kappa shape index (κ3) is 8.91. The Morgan fingerprint density at radius 3 is 2.15 bits per heavy atom. The Labute approximate surface area is 247 Å². The maximum absolute atomic E-state index is 13.1. The fourth-order valence-corrected chi connectivity index (χ4v) is 4.69. The van der Waals surface area contributed by atoms with Crippen LogP contribution in [0.2, 0.25) is 30.8 Å². The van der Waals surface area contributed by atoms with E-state index in [1.54, 1.807) is 47.6 Å². The van der Waals surface area contributed by atoms with Gasteiger partial charge in [-0.15, -0.1) is 0 Å². The van der Waals surface area contributed by atoms with Crippen LogP contribution in [0.4, 0.5) is 15.4 Å². The number of rotatable bonds is 8. The largest absolute Gasteiger partial charge is 0.496 e. The van der Waals surface area contributed by atoms with Crippen molar-refractivity contribution in [2.75, 3.05) is 18.6 Å². The number of aromatic nitrogens is 3. The van der Waals surface area contributed by atoms with Gasteiger partial charge in [-0.1, -0.05) is 31.2 Å². The number of halogens is 1. The van der Waals surface area contributed by atoms with E-state index in [1.165, 1.54) is 19.4 Å². The monoisotopic (exact) mass is 604 g/mol. The molecule has 0 unspecified atom stereocenters. The Morgan fingerprint density at radius 1 is 1.00 bits per heavy atom. The number of hydrogen-bond donors (Lipinski definition) is 0. The van der Waals surface area contributed by atoms with Gasteiger partial charge < -0.3 is 23.5 Å². The van der Waals surface area contributed by atoms with E-state index in [-0.39, 0.29) is 5.82 Å². The van der Waals surface area contributed by atoms with Gasteiger partial charge in [-0.2, -0.15) is 4.90 Å². The van der Waals surface area contributed by atoms with Gasteiger partial charge >= 0.3 is 12.2 Å². The molecule has 224 valence electrons. The van der Waals surface area contributed by atoms with Gasteiger partial charge in [0, 0.05) is 49.7 Å². The van der Waals surface area contributed by atoms with Gasteiger partial charge in [-0.05, 0) is 59.7 Å². The zero-order valence-corrected chi connectivity index (χ0v) is 27.4. The molecule has 0 aliphatic heterocycles. The highest BCUT2D eigenvalue weighted by Crippen LogP contribution is 2.38. The third-order valence-corrected chi connectivity index (χ3v) is 7.57. The normalized spacial score (nSPS) is 12.4. The maximum Gasteiger partial charge on any atom is 0.425 e. The van der Waals surface area contributed by atoms with Crippen molar-refractivity contribution < 1.29 is 28.5 Å². The number of pyridine rings is 2. The third-order valence-electron chi connectivity index (χ3n) is 5.66. The number of hydrogen-bond acceptors (Lipinski definition) is 8. The molecular formula is C29H41ClN4O6Si. The SMILES string of the molecule is COc1cc(N(C(=O)OC(C)(C)C)C(=O)OC(C)(C)C)ncc1-c1cn(COCC[Si](C)(C)C)c2nc(Cl)ccc12. The van der Waals surface area contributed by atoms with E-state index in [1.807, 2.05) is 16.8 Å². The Balaban J connectivity index is 2.05. The first-order chi connectivity index (χ1) is 18.9. The molecule has 0 spiro atoms. The number of amides is 2. The summed E-state index contributed by atoms with van der Waals surface area (Å²) in [5, 5.41) is 1.17. The van der Waals surface area contributed by atoms with Crippen LogP contribution in [0.1, 0.15) is 41.5 Å². The summed E-state index contributed by atoms with van der Waals surface area (Å²) in [5.41, 5.74) is 0.341. The highest BCUT2D eigenvalue weighted by Gasteiger charge is 2.34. The lowest BCUT2D eigenvalue weighted by atomic mass is 10.1. The lowest BCUT2D eigenvalue weighted by Crippen LogP contribution is -2.44. The first kappa shape index (κ1) is 32.4. The summed E-state index contributed by atoms with van der Waals surface area (Å²) in [5.74, 6) is 0.370. The van der Waals surface area contributed by atoms with Crippen LogP contribution in [0.5, 0.6) is 5.75 Å². The Hall–Kier alpha value is -3.15. The van der Waals surface area contributed by atoms with Crippen LogP contribution in [0.3, 0.4) is 0 Å². The van der Waals surface area contributed by atoms with Crippen LogP contribution in [0.25, 0.3) is 22.2 Å². The molecule has 0 aliphatic carbocycles. The minimum absolute atomic E-state index is 0.00584. The molecule has 0 atom stereocenters. The van der Waals surface area contributed by atoms with Gasteiger partial charge in [0.25, 0.3) is 0 Å². The van der Waals surface area contributed by atoms with Crippen molar-refractivity contribution in [2.45, 2.75) is 85.2 Å². The molecule has 12 heteroatoms. The van der Waals surface area contributed by atoms with E-state index in [9.17, 15) is 9.59 Å². The second-order valence-corrected chi connectivity index (χ2v) is 18.9. The molecule has 3 aromatic heterocycles. The second-order valence-electron chi connectivity index (χ2n) is 12.9. The van der Waals surface area contributed by atoms with Crippen LogP contribution in [0.15, 0.2) is 30.6 Å². The van der Waals surface area contributed by atoms with E-state index < -0.39 is 31.5 Å². The van der Waals surface area contributed by atoms with Crippen molar-refractivity contribution in [2.24, 2.45) is 0 Å². The summed E-state index contributed by atoms with van der Waals surface area (Å²) < 4.78 is 24.6. The molecule has 3 rings (SSSR count). The number of ether oxygens (including phenoxy) is 4. The number of methoxy groups -OCH3 is 1. The average molecular weight is 605 g/mol. The molecular weight excluding hydrogens is 564 g/mol. The number of carbonyl (C=O) groups excluding carboxylic acids is 2. The Kier molecular flexibility index (Phi) is 9.77. The van der Waals surface area contributed by atoms with E-state index in [4.69, 9.17) is 30.5 Å². The van der Waals surface area contributed by atoms with Crippen LogP contribution in [0, 0.1) is 0 Å². The van der Waals surface area contributed by atoms with Crippen molar-refractivity contribution >= 4 is 48.7 Å². The van der Waals surface area contributed by atoms with Crippen molar-refractivity contribution in [3.63, 3.8) is 0 Å². The predicted octanol–water partition coefficient (Wildman–Crippen LogP) is 7.75. The summed E-state index contributed by atoms with van der Waals surface area (Å²) in [6.07, 6.45) is 1.61. The van der Waals surface area contributed by atoms with Crippen LogP contribution < -0.4 is 9.64 Å². The summed E-state index contributed by atoms with van der Waals surface area (Å²) in [6.45, 7) is 18.1. The molecule has 10 nitrogen and oxygen atoms in total. The maximum atomic E-state index is 13.1. The molecule has 0 fully saturated rings. The van der Waals surface area contributed by atoms with Gasteiger partial charge in [0.15, 0.2) is 5.82 Å². The highest BCUT2D eigenvalue weighted by molar-refractivity contribution is 6.76. The molecule has 0 aromatic carbocycles. The first-order valence-electron chi connectivity index (χ1n) is 13.4. The number of imide groups is 1. The fourth-order valence-electron chi connectivity index (χ4n) is 3.79. The Bertz CT molecular complexity index is 1380. The minimum atomic E-state index is -1.24. The molecule has 0 bridgehead atoms. The number of nitrogens with zero attached hydrogens (tertiary/aromatic N) is 4. The van der Waals surface area contributed by atoms with Gasteiger partial charge in [0.2, 0.25) is 0 Å². The summed E-state index contributed by atoms with van der Waals surface area (Å²) in [6, 6.07) is 6.13. The van der Waals surface area contributed by atoms with Gasteiger partial charge in [-0.3, -0.25) is 0 Å². The zero-order valence-electron chi connectivity index (χ0n) is 25.6. The van der Waals surface area contributed by atoms with Crippen LogP contribution in [-0.2, 0) is 20.9 Å². The predicted molar refractivity (Wildman–Crippen MR) is 164 cm³/mol. The van der Waals surface area contributed by atoms with Crippen LogP contribution >= 0.6 is 11.6 Å². The quantitative estimate of drug-likeness (QED) is 0.146. The minimum Gasteiger partial charge on any atom is -0.496 e. The van der Waals surface area contributed by atoms with E-state index >= 15 is 0 Å². The standard InChI is InChI=1S/C29H41ClN4O6Si/c1-28(2,3)39-26(35)34(27(36)40-29(4,5)6)24-15-22(37-7)20(16-31-24)21-17-33(18-38-13-14-41(8,9)10)25-19(21)11-12-23(30)32-25/h11-12,15-17H,13-14,18H2,1-10H3. The summed E-state index contributed by atoms with van der Waals surface area (Å²) >= 11 is 6.24. The average Bonchev–Trinajstić information content (AvgIpc) is 3.16. The lowest BCUT2D eigenvalue weighted by Gasteiger charge is -2.28. The molecule has 0 radical (unpaired) electrons. The van der Waals surface area contributed by atoms with Gasteiger partial charge in [0.05, 0.1) is 7.11 Å². The fraction of sp³-hybridized carbons (Fsp3) is 0.517. The second kappa shape index (κ2) is 12.4. The number of fused-ring (bicyclic) bond motifs is 1. The molecule has 0 saturated heterocycles. The Morgan fingerprint density at radius 2 is 1.61 bits per heavy atom. The first-order valence-corrected chi connectivity index (χ1v) is 17.5. The zero-order chi connectivity index (χ0) is 30.8. The van der Waals surface area contributed by atoms with Crippen LogP contribution in [-0.4, -0.2) is 59.7 Å². The summed E-state index contributed by atoms with van der Waals surface area (Å²) in [7, 11) is 0.260. The number of carbonyl (C=O) groups is 2. The molecule has 3 heterocycles. The highest BCUT2D eigenvalue weighted by atomic mass is 35.5. The van der Waals surface area contributed by atoms with E-state index in [2.05, 4.69) is 29.6 Å². The van der Waals surface area contributed by atoms with Gasteiger partial charge in [-0.25, -0.2) is 19.6 Å². The summed E-state index contributed by atoms with van der Waals surface area (Å²) in [4.78, 5) is 36.0.